The Morgan fingerprint density at radius 3 is 1.97 bits per heavy atom. The Morgan fingerprint density at radius 1 is 0.684 bits per heavy atom. The first-order valence-corrected chi connectivity index (χ1v) is 12.9. The third kappa shape index (κ3) is 2.98. The quantitative estimate of drug-likeness (QED) is 0.252. The molecule has 0 N–H and O–H groups in total. The Kier molecular flexibility index (Phi) is 4.32. The standard InChI is InChI=1S/C32H23N4O2/c37-31-24-9-3-4-10-25(24)32(38)30-29(31)35(17-22-15-13-20-7-1-5-11-26(20)33-22)28-19-36(28,30)18-23-16-14-21-8-2-6-12-27(21)34-23/h1-16,28H,17-19H2/q+1/t28-,36?/m0/s1. The van der Waals surface area contributed by atoms with E-state index < -0.39 is 0 Å². The molecule has 1 fully saturated rings. The molecule has 5 aromatic rings. The van der Waals surface area contributed by atoms with Crippen LogP contribution in [0.4, 0.5) is 0 Å². The molecule has 3 aliphatic rings. The topological polar surface area (TPSA) is 63.2 Å². The van der Waals surface area contributed by atoms with Crippen molar-refractivity contribution in [2.45, 2.75) is 19.3 Å². The molecule has 0 spiro atoms. The van der Waals surface area contributed by atoms with Crippen molar-refractivity contribution in [1.29, 1.82) is 0 Å². The van der Waals surface area contributed by atoms with Crippen molar-refractivity contribution in [2.24, 2.45) is 0 Å². The normalized spacial score (nSPS) is 21.6. The minimum absolute atomic E-state index is 0.00347. The fourth-order valence-corrected chi connectivity index (χ4v) is 6.32. The summed E-state index contributed by atoms with van der Waals surface area (Å²) in [5.41, 5.74) is 5.77. The molecule has 2 aliphatic heterocycles. The summed E-state index contributed by atoms with van der Waals surface area (Å²) in [7, 11) is 0. The minimum atomic E-state index is -0.0767. The van der Waals surface area contributed by atoms with Gasteiger partial charge in [0.05, 0.1) is 29.0 Å². The van der Waals surface area contributed by atoms with Crippen LogP contribution in [0.15, 0.2) is 108 Å². The van der Waals surface area contributed by atoms with E-state index in [4.69, 9.17) is 9.97 Å². The molecular formula is C32H23N4O2+. The molecule has 0 bridgehead atoms. The monoisotopic (exact) mass is 495 g/mol. The number of nitrogens with zero attached hydrogens (tertiary/aromatic N) is 4. The second-order valence-electron chi connectivity index (χ2n) is 10.4. The van der Waals surface area contributed by atoms with Gasteiger partial charge in [-0.2, -0.15) is 0 Å². The number of aromatic nitrogens is 2. The maximum atomic E-state index is 14.0. The van der Waals surface area contributed by atoms with Crippen molar-refractivity contribution < 1.29 is 14.1 Å². The van der Waals surface area contributed by atoms with Crippen molar-refractivity contribution in [1.82, 2.24) is 14.9 Å². The summed E-state index contributed by atoms with van der Waals surface area (Å²) in [6.45, 7) is 1.81. The van der Waals surface area contributed by atoms with Gasteiger partial charge in [0, 0.05) is 21.9 Å². The Labute approximate surface area is 219 Å². The molecule has 38 heavy (non-hydrogen) atoms. The molecule has 2 aromatic heterocycles. The number of hydrogen-bond donors (Lipinski definition) is 0. The van der Waals surface area contributed by atoms with Crippen LogP contribution < -0.4 is 0 Å². The number of allylic oxidation sites excluding steroid dienone is 2. The number of carbonyl (C=O) groups is 2. The third-order valence-corrected chi connectivity index (χ3v) is 8.18. The summed E-state index contributed by atoms with van der Waals surface area (Å²) in [6.07, 6.45) is 0.00347. The van der Waals surface area contributed by atoms with E-state index in [1.807, 2.05) is 72.8 Å². The second kappa shape index (κ2) is 7.66. The van der Waals surface area contributed by atoms with Crippen LogP contribution in [-0.4, -0.2) is 43.6 Å². The lowest BCUT2D eigenvalue weighted by atomic mass is 9.89. The van der Waals surface area contributed by atoms with Crippen LogP contribution in [0.5, 0.6) is 0 Å². The lowest BCUT2D eigenvalue weighted by molar-refractivity contribution is -0.783. The van der Waals surface area contributed by atoms with E-state index in [-0.39, 0.29) is 17.7 Å². The molecule has 1 saturated heterocycles. The lowest BCUT2D eigenvalue weighted by Gasteiger charge is -2.23. The summed E-state index contributed by atoms with van der Waals surface area (Å²) < 4.78 is 0.438. The Hall–Kier alpha value is -4.68. The first kappa shape index (κ1) is 21.4. The Morgan fingerprint density at radius 2 is 1.26 bits per heavy atom. The molecule has 0 saturated carbocycles. The number of Topliss-reactive ketones (excluding diaryl/α,β-unsaturated/α-hetero) is 2. The van der Waals surface area contributed by atoms with Crippen LogP contribution in [0.1, 0.15) is 32.1 Å². The second-order valence-corrected chi connectivity index (χ2v) is 10.4. The van der Waals surface area contributed by atoms with E-state index in [2.05, 4.69) is 17.0 Å². The molecule has 3 aromatic carbocycles. The average molecular weight is 496 g/mol. The minimum Gasteiger partial charge on any atom is -0.303 e. The van der Waals surface area contributed by atoms with Gasteiger partial charge in [-0.1, -0.05) is 72.8 Å². The van der Waals surface area contributed by atoms with E-state index in [9.17, 15) is 9.59 Å². The van der Waals surface area contributed by atoms with Gasteiger partial charge in [0.15, 0.2) is 12.2 Å². The highest BCUT2D eigenvalue weighted by Gasteiger charge is 2.71. The lowest BCUT2D eigenvalue weighted by Crippen LogP contribution is -2.34. The summed E-state index contributed by atoms with van der Waals surface area (Å²) in [5.74, 6) is -0.125. The van der Waals surface area contributed by atoms with Gasteiger partial charge in [0.2, 0.25) is 23.4 Å². The predicted octanol–water partition coefficient (Wildman–Crippen LogP) is 5.25. The van der Waals surface area contributed by atoms with Gasteiger partial charge >= 0.3 is 0 Å². The van der Waals surface area contributed by atoms with Gasteiger partial charge < -0.3 is 4.90 Å². The molecule has 6 heteroatoms. The maximum absolute atomic E-state index is 14.0. The van der Waals surface area contributed by atoms with Gasteiger partial charge in [-0.15, -0.1) is 0 Å². The molecular weight excluding hydrogens is 472 g/mol. The highest BCUT2D eigenvalue weighted by molar-refractivity contribution is 6.26. The number of rotatable bonds is 4. The summed E-state index contributed by atoms with van der Waals surface area (Å²) in [4.78, 5) is 39.8. The molecule has 4 heterocycles. The van der Waals surface area contributed by atoms with Crippen molar-refractivity contribution in [3.63, 3.8) is 0 Å². The van der Waals surface area contributed by atoms with Crippen LogP contribution in [0, 0.1) is 0 Å². The Bertz CT molecular complexity index is 1880. The van der Waals surface area contributed by atoms with Gasteiger partial charge in [-0.05, 0) is 24.3 Å². The molecule has 182 valence electrons. The van der Waals surface area contributed by atoms with E-state index in [0.717, 1.165) is 39.7 Å². The smallest absolute Gasteiger partial charge is 0.249 e. The number of ketones is 2. The molecule has 0 radical (unpaired) electrons. The number of hydrogen-bond acceptors (Lipinski definition) is 5. The molecule has 8 rings (SSSR count). The zero-order chi connectivity index (χ0) is 25.4. The maximum Gasteiger partial charge on any atom is 0.249 e. The Balaban J connectivity index is 1.24. The zero-order valence-electron chi connectivity index (χ0n) is 20.5. The van der Waals surface area contributed by atoms with Gasteiger partial charge in [-0.25, -0.2) is 9.47 Å². The molecule has 2 atom stereocenters. The van der Waals surface area contributed by atoms with E-state index in [0.29, 0.717) is 40.1 Å². The van der Waals surface area contributed by atoms with Crippen LogP contribution in [-0.2, 0) is 13.1 Å². The largest absolute Gasteiger partial charge is 0.303 e. The van der Waals surface area contributed by atoms with Crippen molar-refractivity contribution in [3.05, 3.63) is 131 Å². The number of fused-ring (bicyclic) bond motifs is 5. The first-order chi connectivity index (χ1) is 18.6. The third-order valence-electron chi connectivity index (χ3n) is 8.18. The van der Waals surface area contributed by atoms with E-state index >= 15 is 0 Å². The number of quaternary nitrogens is 1. The number of benzene rings is 3. The van der Waals surface area contributed by atoms with Crippen LogP contribution in [0.25, 0.3) is 21.8 Å². The number of para-hydroxylation sites is 2. The van der Waals surface area contributed by atoms with Gasteiger partial charge in [0.1, 0.15) is 6.54 Å². The highest BCUT2D eigenvalue weighted by atomic mass is 16.1. The van der Waals surface area contributed by atoms with Crippen molar-refractivity contribution in [2.75, 3.05) is 6.54 Å². The van der Waals surface area contributed by atoms with Crippen LogP contribution >= 0.6 is 0 Å². The van der Waals surface area contributed by atoms with Crippen LogP contribution in [0.3, 0.4) is 0 Å². The van der Waals surface area contributed by atoms with Gasteiger partial charge in [0.25, 0.3) is 0 Å². The summed E-state index contributed by atoms with van der Waals surface area (Å²) >= 11 is 0. The van der Waals surface area contributed by atoms with E-state index in [1.165, 1.54) is 0 Å². The molecule has 1 aliphatic carbocycles. The zero-order valence-corrected chi connectivity index (χ0v) is 20.5. The fraction of sp³-hybridized carbons (Fsp3) is 0.125. The number of carbonyl (C=O) groups excluding carboxylic acids is 2. The van der Waals surface area contributed by atoms with Gasteiger partial charge in [-0.3, -0.25) is 14.6 Å². The molecule has 1 unspecified atom stereocenters. The average Bonchev–Trinajstić information content (AvgIpc) is 3.61. The molecule has 6 nitrogen and oxygen atoms in total. The first-order valence-electron chi connectivity index (χ1n) is 12.9. The fourth-order valence-electron chi connectivity index (χ4n) is 6.32. The predicted molar refractivity (Wildman–Crippen MR) is 144 cm³/mol. The van der Waals surface area contributed by atoms with Crippen LogP contribution in [0.2, 0.25) is 0 Å². The summed E-state index contributed by atoms with van der Waals surface area (Å²) in [6, 6.07) is 31.5. The summed E-state index contributed by atoms with van der Waals surface area (Å²) in [5, 5.41) is 2.16. The van der Waals surface area contributed by atoms with E-state index in [1.54, 1.807) is 12.1 Å². The highest BCUT2D eigenvalue weighted by Crippen LogP contribution is 2.54. The SMILES string of the molecule is O=C1C2=C(C(=O)c3ccccc31)[N+]1(Cc3ccc4ccccc4n3)C[C@H]1N2Cc1ccc2ccccc2n1. The van der Waals surface area contributed by atoms with Crippen molar-refractivity contribution in [3.8, 4) is 0 Å². The van der Waals surface area contributed by atoms with Crippen molar-refractivity contribution >= 4 is 33.4 Å². The molecule has 0 amide bonds. The number of pyridine rings is 2.